The molecule has 5 rings (SSSR count). The van der Waals surface area contributed by atoms with E-state index in [0.29, 0.717) is 38.3 Å². The second kappa shape index (κ2) is 16.3. The molecule has 0 saturated carbocycles. The third-order valence-electron chi connectivity index (χ3n) is 9.54. The van der Waals surface area contributed by atoms with Crippen LogP contribution in [0.1, 0.15) is 68.7 Å². The second-order valence-corrected chi connectivity index (χ2v) is 15.3. The first-order chi connectivity index (χ1) is 24.2. The Bertz CT molecular complexity index is 1680. The Morgan fingerprint density at radius 2 is 1.67 bits per heavy atom. The van der Waals surface area contributed by atoms with Crippen molar-refractivity contribution >= 4 is 40.7 Å². The zero-order chi connectivity index (χ0) is 36.9. The van der Waals surface area contributed by atoms with Gasteiger partial charge in [-0.1, -0.05) is 45.0 Å². The smallest absolute Gasteiger partial charge is 0.338 e. The maximum Gasteiger partial charge on any atom is 0.338 e. The molecule has 2 aliphatic heterocycles. The molecule has 0 bridgehead atoms. The summed E-state index contributed by atoms with van der Waals surface area (Å²) in [6, 6.07) is 13.2. The number of aryl methyl sites for hydroxylation is 1. The average molecular weight is 719 g/mol. The number of aliphatic hydroxyl groups is 1. The molecule has 0 radical (unpaired) electrons. The molecule has 0 aliphatic carbocycles. The molecule has 2 aromatic carbocycles. The fourth-order valence-corrected chi connectivity index (χ4v) is 7.42. The Morgan fingerprint density at radius 1 is 1.00 bits per heavy atom. The molecular formula is C38H50N6O6S. The van der Waals surface area contributed by atoms with Crippen LogP contribution in [0.3, 0.4) is 0 Å². The average Bonchev–Trinajstić information content (AvgIpc) is 3.72. The molecule has 0 spiro atoms. The van der Waals surface area contributed by atoms with E-state index in [2.05, 4.69) is 20.5 Å². The number of nitrogens with zero attached hydrogens (tertiary/aromatic N) is 4. The first-order valence-electron chi connectivity index (χ1n) is 17.6. The number of esters is 1. The van der Waals surface area contributed by atoms with Gasteiger partial charge in [-0.05, 0) is 61.6 Å². The van der Waals surface area contributed by atoms with Crippen LogP contribution in [-0.4, -0.2) is 108 Å². The summed E-state index contributed by atoms with van der Waals surface area (Å²) in [7, 11) is 0. The molecule has 3 heterocycles. The third kappa shape index (κ3) is 9.32. The fourth-order valence-electron chi connectivity index (χ4n) is 6.61. The molecule has 0 unspecified atom stereocenters. The number of aliphatic hydroxyl groups excluding tert-OH is 1. The van der Waals surface area contributed by atoms with E-state index in [0.717, 1.165) is 27.4 Å². The molecular weight excluding hydrogens is 669 g/mol. The molecule has 3 aromatic rings. The van der Waals surface area contributed by atoms with Crippen LogP contribution in [0.25, 0.3) is 10.4 Å². The molecule has 2 aliphatic rings. The van der Waals surface area contributed by atoms with Gasteiger partial charge in [0.05, 0.1) is 46.9 Å². The number of nitrogens with one attached hydrogen (secondary N) is 2. The van der Waals surface area contributed by atoms with Crippen LogP contribution in [0.5, 0.6) is 0 Å². The number of likely N-dealkylation sites (tertiary alicyclic amines) is 1. The van der Waals surface area contributed by atoms with Crippen molar-refractivity contribution in [3.63, 3.8) is 0 Å². The Balaban J connectivity index is 1.16. The summed E-state index contributed by atoms with van der Waals surface area (Å²) in [5.74, 6) is -1.36. The van der Waals surface area contributed by atoms with Crippen molar-refractivity contribution in [1.82, 2.24) is 25.4 Å². The van der Waals surface area contributed by atoms with Crippen LogP contribution in [0.15, 0.2) is 54.0 Å². The predicted molar refractivity (Wildman–Crippen MR) is 197 cm³/mol. The maximum absolute atomic E-state index is 14.1. The van der Waals surface area contributed by atoms with Gasteiger partial charge in [0, 0.05) is 44.8 Å². The number of amides is 3. The van der Waals surface area contributed by atoms with E-state index in [4.69, 9.17) is 4.74 Å². The standard InChI is InChI=1S/C38H50N6O6S/c1-7-50-37(49)28-12-14-29(15-13-28)43-18-16-42(17-19-43)22-32(46)41-34(38(4,5)6)36(48)44-21-30(45)20-31(44)35(47)40-24(2)26-8-10-27(11-9-26)33-25(3)39-23-51-33/h8-15,23-24,30-31,34,45H,7,16-22H2,1-6H3,(H,40,47)(H,41,46)/t24-,30+,31-,34+/m0/s1. The van der Waals surface area contributed by atoms with E-state index in [9.17, 15) is 24.3 Å². The summed E-state index contributed by atoms with van der Waals surface area (Å²) >= 11 is 1.58. The summed E-state index contributed by atoms with van der Waals surface area (Å²) in [6.07, 6.45) is -0.731. The number of anilines is 1. The lowest BCUT2D eigenvalue weighted by Gasteiger charge is -2.37. The highest BCUT2D eigenvalue weighted by Gasteiger charge is 2.44. The van der Waals surface area contributed by atoms with Gasteiger partial charge in [0.25, 0.3) is 0 Å². The fraction of sp³-hybridized carbons (Fsp3) is 0.500. The van der Waals surface area contributed by atoms with Crippen molar-refractivity contribution in [1.29, 1.82) is 0 Å². The Morgan fingerprint density at radius 3 is 2.25 bits per heavy atom. The number of ether oxygens (including phenoxy) is 1. The first-order valence-corrected chi connectivity index (χ1v) is 18.5. The zero-order valence-corrected chi connectivity index (χ0v) is 31.2. The molecule has 2 fully saturated rings. The van der Waals surface area contributed by atoms with Gasteiger partial charge in [-0.15, -0.1) is 11.3 Å². The number of hydrogen-bond acceptors (Lipinski definition) is 10. The monoisotopic (exact) mass is 718 g/mol. The molecule has 1 aromatic heterocycles. The van der Waals surface area contributed by atoms with Crippen LogP contribution in [0, 0.1) is 12.3 Å². The van der Waals surface area contributed by atoms with Crippen LogP contribution >= 0.6 is 11.3 Å². The molecule has 274 valence electrons. The highest BCUT2D eigenvalue weighted by atomic mass is 32.1. The number of carbonyl (C=O) groups excluding carboxylic acids is 4. The van der Waals surface area contributed by atoms with Gasteiger partial charge in [0.1, 0.15) is 12.1 Å². The number of β-amino-alcohol motifs (C(OH)–C–C–N with tert-alkyl or cyclic N) is 1. The van der Waals surface area contributed by atoms with Gasteiger partial charge in [-0.2, -0.15) is 0 Å². The summed E-state index contributed by atoms with van der Waals surface area (Å²) in [5.41, 5.74) is 5.61. The summed E-state index contributed by atoms with van der Waals surface area (Å²) in [6.45, 7) is 14.4. The lowest BCUT2D eigenvalue weighted by Crippen LogP contribution is -2.59. The number of aromatic nitrogens is 1. The predicted octanol–water partition coefficient (Wildman–Crippen LogP) is 3.79. The number of hydrogen-bond donors (Lipinski definition) is 3. The lowest BCUT2D eigenvalue weighted by molar-refractivity contribution is -0.144. The van der Waals surface area contributed by atoms with Gasteiger partial charge in [0.15, 0.2) is 0 Å². The number of benzene rings is 2. The topological polar surface area (TPSA) is 144 Å². The second-order valence-electron chi connectivity index (χ2n) is 14.4. The number of piperazine rings is 1. The van der Waals surface area contributed by atoms with Gasteiger partial charge in [-0.3, -0.25) is 19.3 Å². The van der Waals surface area contributed by atoms with Crippen molar-refractivity contribution < 1.29 is 29.0 Å². The van der Waals surface area contributed by atoms with Gasteiger partial charge in [0.2, 0.25) is 17.7 Å². The molecule has 13 heteroatoms. The molecule has 51 heavy (non-hydrogen) atoms. The molecule has 2 saturated heterocycles. The lowest BCUT2D eigenvalue weighted by atomic mass is 9.85. The van der Waals surface area contributed by atoms with E-state index in [1.165, 1.54) is 4.90 Å². The van der Waals surface area contributed by atoms with Crippen molar-refractivity contribution in [2.45, 2.75) is 72.2 Å². The van der Waals surface area contributed by atoms with Gasteiger partial charge < -0.3 is 30.3 Å². The van der Waals surface area contributed by atoms with Crippen LogP contribution in [0.2, 0.25) is 0 Å². The van der Waals surface area contributed by atoms with E-state index >= 15 is 0 Å². The highest BCUT2D eigenvalue weighted by molar-refractivity contribution is 7.13. The summed E-state index contributed by atoms with van der Waals surface area (Å²) in [4.78, 5) is 64.2. The minimum absolute atomic E-state index is 0.0133. The Hall–Kier alpha value is -4.33. The van der Waals surface area contributed by atoms with E-state index < -0.39 is 23.6 Å². The SMILES string of the molecule is CCOC(=O)c1ccc(N2CCN(CC(=O)N[C@H](C(=O)N3C[C@H](O)C[C@H]3C(=O)N[C@@H](C)c3ccc(-c4scnc4C)cc3)C(C)(C)C)CC2)cc1. The Kier molecular flexibility index (Phi) is 12.2. The normalized spacial score (nSPS) is 19.4. The van der Waals surface area contributed by atoms with Crippen LogP contribution in [-0.2, 0) is 19.1 Å². The minimum Gasteiger partial charge on any atom is -0.462 e. The van der Waals surface area contributed by atoms with E-state index in [-0.39, 0.29) is 49.2 Å². The number of rotatable bonds is 11. The molecule has 12 nitrogen and oxygen atoms in total. The van der Waals surface area contributed by atoms with Gasteiger partial charge >= 0.3 is 5.97 Å². The van der Waals surface area contributed by atoms with Crippen molar-refractivity contribution in [3.05, 3.63) is 70.9 Å². The maximum atomic E-state index is 14.1. The Labute approximate surface area is 304 Å². The molecule has 4 atom stereocenters. The largest absolute Gasteiger partial charge is 0.462 e. The summed E-state index contributed by atoms with van der Waals surface area (Å²) in [5, 5.41) is 16.6. The van der Waals surface area contributed by atoms with E-state index in [1.807, 2.05) is 81.4 Å². The first kappa shape index (κ1) is 37.9. The molecule has 3 amide bonds. The number of carbonyl (C=O) groups is 4. The summed E-state index contributed by atoms with van der Waals surface area (Å²) < 4.78 is 5.07. The zero-order valence-electron chi connectivity index (χ0n) is 30.3. The van der Waals surface area contributed by atoms with Crippen molar-refractivity contribution in [2.24, 2.45) is 5.41 Å². The van der Waals surface area contributed by atoms with Crippen LogP contribution < -0.4 is 15.5 Å². The van der Waals surface area contributed by atoms with Crippen molar-refractivity contribution in [3.8, 4) is 10.4 Å². The third-order valence-corrected chi connectivity index (χ3v) is 10.5. The van der Waals surface area contributed by atoms with Crippen LogP contribution in [0.4, 0.5) is 5.69 Å². The van der Waals surface area contributed by atoms with Crippen molar-refractivity contribution in [2.75, 3.05) is 50.8 Å². The van der Waals surface area contributed by atoms with E-state index in [1.54, 1.807) is 30.4 Å². The highest BCUT2D eigenvalue weighted by Crippen LogP contribution is 2.30. The number of thiazole rings is 1. The molecule has 3 N–H and O–H groups in total. The quantitative estimate of drug-likeness (QED) is 0.253. The van der Waals surface area contributed by atoms with Gasteiger partial charge in [-0.25, -0.2) is 9.78 Å². The minimum atomic E-state index is -0.898.